The summed E-state index contributed by atoms with van der Waals surface area (Å²) < 4.78 is 10.7. The van der Waals surface area contributed by atoms with Gasteiger partial charge in [-0.3, -0.25) is 4.79 Å². The molecule has 0 fully saturated rings. The van der Waals surface area contributed by atoms with Crippen molar-refractivity contribution in [1.29, 1.82) is 0 Å². The van der Waals surface area contributed by atoms with E-state index >= 15 is 0 Å². The first-order valence-electron chi connectivity index (χ1n) is 7.70. The number of carbonyl (C=O) groups is 1. The maximum absolute atomic E-state index is 12.2. The van der Waals surface area contributed by atoms with Gasteiger partial charge in [-0.1, -0.05) is 36.4 Å². The van der Waals surface area contributed by atoms with Crippen LogP contribution in [-0.2, 0) is 11.2 Å². The van der Waals surface area contributed by atoms with Crippen LogP contribution in [0.3, 0.4) is 0 Å². The number of carbonyl (C=O) groups excluding carboxylic acids is 1. The molecular formula is C19H23NO3. The highest BCUT2D eigenvalue weighted by atomic mass is 16.5. The number of amides is 1. The number of hydrogen-bond donors (Lipinski definition) is 1. The lowest BCUT2D eigenvalue weighted by Gasteiger charge is -2.16. The van der Waals surface area contributed by atoms with Gasteiger partial charge in [0.2, 0.25) is 5.91 Å². The van der Waals surface area contributed by atoms with Gasteiger partial charge in [0.25, 0.3) is 0 Å². The number of nitrogens with one attached hydrogen (secondary N) is 1. The zero-order valence-corrected chi connectivity index (χ0v) is 13.8. The average molecular weight is 313 g/mol. The van der Waals surface area contributed by atoms with Crippen LogP contribution in [-0.4, -0.2) is 20.1 Å². The van der Waals surface area contributed by atoms with Gasteiger partial charge < -0.3 is 14.8 Å². The van der Waals surface area contributed by atoms with Crippen LogP contribution in [0.1, 0.15) is 30.5 Å². The number of methoxy groups -OCH3 is 2. The second kappa shape index (κ2) is 8.22. The molecule has 2 aromatic carbocycles. The topological polar surface area (TPSA) is 47.6 Å². The van der Waals surface area contributed by atoms with Crippen LogP contribution in [0.4, 0.5) is 0 Å². The molecule has 2 rings (SSSR count). The van der Waals surface area contributed by atoms with Crippen LogP contribution in [0.2, 0.25) is 0 Å². The third-order valence-electron chi connectivity index (χ3n) is 3.81. The minimum atomic E-state index is -0.0109. The zero-order valence-electron chi connectivity index (χ0n) is 13.8. The first-order chi connectivity index (χ1) is 11.2. The SMILES string of the molecule is COc1cccc(OC)c1CCC(=O)NC(C)c1ccccc1. The molecule has 1 amide bonds. The summed E-state index contributed by atoms with van der Waals surface area (Å²) in [6, 6.07) is 15.5. The maximum Gasteiger partial charge on any atom is 0.220 e. The smallest absolute Gasteiger partial charge is 0.220 e. The molecule has 0 heterocycles. The molecule has 0 aromatic heterocycles. The van der Waals surface area contributed by atoms with Gasteiger partial charge in [0.05, 0.1) is 20.3 Å². The van der Waals surface area contributed by atoms with Crippen molar-refractivity contribution in [2.24, 2.45) is 0 Å². The Morgan fingerprint density at radius 3 is 2.17 bits per heavy atom. The summed E-state index contributed by atoms with van der Waals surface area (Å²) in [5.74, 6) is 1.50. The summed E-state index contributed by atoms with van der Waals surface area (Å²) in [7, 11) is 3.24. The van der Waals surface area contributed by atoms with E-state index in [1.165, 1.54) is 0 Å². The standard InChI is InChI=1S/C19H23NO3/c1-14(15-8-5-4-6-9-15)20-19(21)13-12-16-17(22-2)10-7-11-18(16)23-3/h4-11,14H,12-13H2,1-3H3,(H,20,21). The van der Waals surface area contributed by atoms with Gasteiger partial charge in [-0.15, -0.1) is 0 Å². The zero-order chi connectivity index (χ0) is 16.7. The summed E-state index contributed by atoms with van der Waals surface area (Å²) >= 11 is 0. The van der Waals surface area contributed by atoms with Crippen molar-refractivity contribution in [2.75, 3.05) is 14.2 Å². The predicted octanol–water partition coefficient (Wildman–Crippen LogP) is 3.51. The molecule has 0 aliphatic heterocycles. The van der Waals surface area contributed by atoms with Crippen molar-refractivity contribution in [3.8, 4) is 11.5 Å². The third kappa shape index (κ3) is 4.49. The van der Waals surface area contributed by atoms with Gasteiger partial charge in [-0.25, -0.2) is 0 Å². The molecule has 23 heavy (non-hydrogen) atoms. The quantitative estimate of drug-likeness (QED) is 0.851. The predicted molar refractivity (Wildman–Crippen MR) is 90.9 cm³/mol. The summed E-state index contributed by atoms with van der Waals surface area (Å²) in [4.78, 5) is 12.2. The van der Waals surface area contributed by atoms with E-state index < -0.39 is 0 Å². The number of rotatable bonds is 7. The van der Waals surface area contributed by atoms with Gasteiger partial charge in [0.1, 0.15) is 11.5 Å². The Hall–Kier alpha value is -2.49. The molecule has 0 aliphatic rings. The highest BCUT2D eigenvalue weighted by molar-refractivity contribution is 5.77. The van der Waals surface area contributed by atoms with Gasteiger partial charge in [-0.2, -0.15) is 0 Å². The van der Waals surface area contributed by atoms with Crippen molar-refractivity contribution in [3.63, 3.8) is 0 Å². The number of ether oxygens (including phenoxy) is 2. The lowest BCUT2D eigenvalue weighted by atomic mass is 10.1. The van der Waals surface area contributed by atoms with Crippen LogP contribution < -0.4 is 14.8 Å². The van der Waals surface area contributed by atoms with E-state index in [1.54, 1.807) is 14.2 Å². The van der Waals surface area contributed by atoms with Crippen LogP contribution in [0.25, 0.3) is 0 Å². The molecular weight excluding hydrogens is 290 g/mol. The highest BCUT2D eigenvalue weighted by Crippen LogP contribution is 2.29. The molecule has 1 unspecified atom stereocenters. The van der Waals surface area contributed by atoms with Crippen LogP contribution in [0.15, 0.2) is 48.5 Å². The molecule has 122 valence electrons. The summed E-state index contributed by atoms with van der Waals surface area (Å²) in [6.07, 6.45) is 0.953. The Labute approximate surface area is 137 Å². The van der Waals surface area contributed by atoms with E-state index in [-0.39, 0.29) is 11.9 Å². The number of benzene rings is 2. The Morgan fingerprint density at radius 2 is 1.61 bits per heavy atom. The first kappa shape index (κ1) is 16.9. The lowest BCUT2D eigenvalue weighted by molar-refractivity contribution is -0.121. The Morgan fingerprint density at radius 1 is 1.00 bits per heavy atom. The summed E-state index contributed by atoms with van der Waals surface area (Å²) in [5, 5.41) is 3.02. The molecule has 4 nitrogen and oxygen atoms in total. The van der Waals surface area contributed by atoms with E-state index in [1.807, 2.05) is 55.5 Å². The van der Waals surface area contributed by atoms with Crippen molar-refractivity contribution in [3.05, 3.63) is 59.7 Å². The Bertz CT molecular complexity index is 618. The molecule has 2 aromatic rings. The molecule has 1 N–H and O–H groups in total. The van der Waals surface area contributed by atoms with Crippen LogP contribution in [0.5, 0.6) is 11.5 Å². The highest BCUT2D eigenvalue weighted by Gasteiger charge is 2.13. The largest absolute Gasteiger partial charge is 0.496 e. The van der Waals surface area contributed by atoms with E-state index in [0.29, 0.717) is 12.8 Å². The van der Waals surface area contributed by atoms with Gasteiger partial charge in [0.15, 0.2) is 0 Å². The monoisotopic (exact) mass is 313 g/mol. The molecule has 0 bridgehead atoms. The molecule has 0 radical (unpaired) electrons. The van der Waals surface area contributed by atoms with Crippen LogP contribution >= 0.6 is 0 Å². The fourth-order valence-electron chi connectivity index (χ4n) is 2.55. The van der Waals surface area contributed by atoms with Gasteiger partial charge in [0, 0.05) is 12.0 Å². The minimum absolute atomic E-state index is 0.00862. The van der Waals surface area contributed by atoms with Crippen molar-refractivity contribution in [1.82, 2.24) is 5.32 Å². The van der Waals surface area contributed by atoms with Crippen molar-refractivity contribution in [2.45, 2.75) is 25.8 Å². The van der Waals surface area contributed by atoms with Gasteiger partial charge in [-0.05, 0) is 31.0 Å². The second-order valence-corrected chi connectivity index (χ2v) is 5.34. The fourth-order valence-corrected chi connectivity index (χ4v) is 2.55. The molecule has 1 atom stereocenters. The van der Waals surface area contributed by atoms with E-state index in [4.69, 9.17) is 9.47 Å². The van der Waals surface area contributed by atoms with Crippen molar-refractivity contribution < 1.29 is 14.3 Å². The van der Waals surface area contributed by atoms with Crippen molar-refractivity contribution >= 4 is 5.91 Å². The second-order valence-electron chi connectivity index (χ2n) is 5.34. The summed E-state index contributed by atoms with van der Waals surface area (Å²) in [5.41, 5.74) is 2.01. The summed E-state index contributed by atoms with van der Waals surface area (Å²) in [6.45, 7) is 1.98. The van der Waals surface area contributed by atoms with E-state index in [2.05, 4.69) is 5.32 Å². The Kier molecular flexibility index (Phi) is 6.03. The molecule has 4 heteroatoms. The maximum atomic E-state index is 12.2. The first-order valence-corrected chi connectivity index (χ1v) is 7.70. The fraction of sp³-hybridized carbons (Fsp3) is 0.316. The molecule has 0 spiro atoms. The van der Waals surface area contributed by atoms with E-state index in [9.17, 15) is 4.79 Å². The molecule has 0 saturated carbocycles. The van der Waals surface area contributed by atoms with Crippen LogP contribution in [0, 0.1) is 0 Å². The Balaban J connectivity index is 1.97. The van der Waals surface area contributed by atoms with Gasteiger partial charge >= 0.3 is 0 Å². The lowest BCUT2D eigenvalue weighted by Crippen LogP contribution is -2.26. The number of hydrogen-bond acceptors (Lipinski definition) is 3. The minimum Gasteiger partial charge on any atom is -0.496 e. The third-order valence-corrected chi connectivity index (χ3v) is 3.81. The molecule has 0 saturated heterocycles. The average Bonchev–Trinajstić information content (AvgIpc) is 2.60. The normalized spacial score (nSPS) is 11.6. The van der Waals surface area contributed by atoms with E-state index in [0.717, 1.165) is 22.6 Å². The molecule has 0 aliphatic carbocycles.